The third-order valence-corrected chi connectivity index (χ3v) is 2.84. The van der Waals surface area contributed by atoms with Gasteiger partial charge in [-0.2, -0.15) is 5.10 Å². The average Bonchev–Trinajstić information content (AvgIpc) is 2.80. The molecule has 0 fully saturated rings. The maximum absolute atomic E-state index is 5.65. The predicted octanol–water partition coefficient (Wildman–Crippen LogP) is 2.89. The highest BCUT2D eigenvalue weighted by Crippen LogP contribution is 2.18. The number of rotatable bonds is 4. The first-order valence-corrected chi connectivity index (χ1v) is 5.97. The van der Waals surface area contributed by atoms with Gasteiger partial charge in [0.2, 0.25) is 0 Å². The minimum absolute atomic E-state index is 0.398. The molecule has 0 saturated carbocycles. The molecule has 1 aromatic carbocycles. The van der Waals surface area contributed by atoms with E-state index in [1.165, 1.54) is 0 Å². The van der Waals surface area contributed by atoms with Gasteiger partial charge in [-0.1, -0.05) is 13.3 Å². The fourth-order valence-electron chi connectivity index (χ4n) is 1.80. The number of benzene rings is 1. The topological polar surface area (TPSA) is 56.7 Å². The average molecular weight is 230 g/mol. The lowest BCUT2D eigenvalue weighted by Crippen LogP contribution is -2.05. The summed E-state index contributed by atoms with van der Waals surface area (Å²) in [5.41, 5.74) is 7.41. The van der Waals surface area contributed by atoms with Crippen LogP contribution in [0.25, 0.3) is 11.4 Å². The van der Waals surface area contributed by atoms with Gasteiger partial charge in [0.05, 0.1) is 6.04 Å². The molecule has 2 aromatic rings. The van der Waals surface area contributed by atoms with E-state index in [9.17, 15) is 0 Å². The van der Waals surface area contributed by atoms with Crippen molar-refractivity contribution in [2.24, 2.45) is 0 Å². The SMILES string of the molecule is CCCC(C)n1cnc(-c2ccc(N)cc2)n1. The summed E-state index contributed by atoms with van der Waals surface area (Å²) in [6.07, 6.45) is 4.06. The van der Waals surface area contributed by atoms with Gasteiger partial charge in [-0.25, -0.2) is 9.67 Å². The van der Waals surface area contributed by atoms with Crippen molar-refractivity contribution in [1.29, 1.82) is 0 Å². The molecule has 0 aliphatic rings. The minimum Gasteiger partial charge on any atom is -0.399 e. The van der Waals surface area contributed by atoms with E-state index in [0.717, 1.165) is 29.9 Å². The van der Waals surface area contributed by atoms with E-state index in [1.54, 1.807) is 6.33 Å². The van der Waals surface area contributed by atoms with Gasteiger partial charge in [0.15, 0.2) is 5.82 Å². The molecule has 17 heavy (non-hydrogen) atoms. The molecule has 1 aromatic heterocycles. The first-order chi connectivity index (χ1) is 8.20. The first-order valence-electron chi connectivity index (χ1n) is 5.97. The van der Waals surface area contributed by atoms with Gasteiger partial charge in [0.25, 0.3) is 0 Å². The van der Waals surface area contributed by atoms with Gasteiger partial charge < -0.3 is 5.73 Å². The number of anilines is 1. The number of nitrogens with two attached hydrogens (primary N) is 1. The van der Waals surface area contributed by atoms with Crippen LogP contribution in [0.3, 0.4) is 0 Å². The number of nitrogen functional groups attached to an aromatic ring is 1. The molecule has 0 spiro atoms. The van der Waals surface area contributed by atoms with Crippen LogP contribution in [0.15, 0.2) is 30.6 Å². The van der Waals surface area contributed by atoms with Crippen LogP contribution in [0.2, 0.25) is 0 Å². The summed E-state index contributed by atoms with van der Waals surface area (Å²) in [4.78, 5) is 4.33. The second kappa shape index (κ2) is 4.99. The molecular formula is C13H18N4. The van der Waals surface area contributed by atoms with E-state index < -0.39 is 0 Å². The summed E-state index contributed by atoms with van der Waals surface area (Å²) in [6.45, 7) is 4.33. The van der Waals surface area contributed by atoms with Crippen LogP contribution in [0.1, 0.15) is 32.7 Å². The lowest BCUT2D eigenvalue weighted by Gasteiger charge is -2.08. The molecule has 0 radical (unpaired) electrons. The Balaban J connectivity index is 2.20. The lowest BCUT2D eigenvalue weighted by molar-refractivity contribution is 0.454. The molecular weight excluding hydrogens is 212 g/mol. The second-order valence-corrected chi connectivity index (χ2v) is 4.31. The maximum Gasteiger partial charge on any atom is 0.181 e. The molecule has 2 N–H and O–H groups in total. The number of aromatic nitrogens is 3. The van der Waals surface area contributed by atoms with E-state index in [1.807, 2.05) is 28.9 Å². The standard InChI is InChI=1S/C13H18N4/c1-3-4-10(2)17-9-15-13(16-17)11-5-7-12(14)8-6-11/h5-10H,3-4,14H2,1-2H3. The van der Waals surface area contributed by atoms with E-state index >= 15 is 0 Å². The van der Waals surface area contributed by atoms with Gasteiger partial charge in [-0.3, -0.25) is 0 Å². The zero-order valence-corrected chi connectivity index (χ0v) is 10.3. The summed E-state index contributed by atoms with van der Waals surface area (Å²) in [5, 5.41) is 4.49. The van der Waals surface area contributed by atoms with E-state index in [-0.39, 0.29) is 0 Å². The van der Waals surface area contributed by atoms with Gasteiger partial charge in [0, 0.05) is 11.3 Å². The maximum atomic E-state index is 5.65. The van der Waals surface area contributed by atoms with Crippen LogP contribution in [0, 0.1) is 0 Å². The molecule has 4 nitrogen and oxygen atoms in total. The van der Waals surface area contributed by atoms with Crippen LogP contribution >= 0.6 is 0 Å². The lowest BCUT2D eigenvalue weighted by atomic mass is 10.2. The van der Waals surface area contributed by atoms with Crippen molar-refractivity contribution in [3.63, 3.8) is 0 Å². The van der Waals surface area contributed by atoms with Crippen molar-refractivity contribution in [3.8, 4) is 11.4 Å². The van der Waals surface area contributed by atoms with Gasteiger partial charge in [-0.05, 0) is 37.6 Å². The van der Waals surface area contributed by atoms with Gasteiger partial charge >= 0.3 is 0 Å². The Morgan fingerprint density at radius 1 is 1.29 bits per heavy atom. The summed E-state index contributed by atoms with van der Waals surface area (Å²) < 4.78 is 1.93. The zero-order chi connectivity index (χ0) is 12.3. The van der Waals surface area contributed by atoms with Crippen LogP contribution in [0.5, 0.6) is 0 Å². The van der Waals surface area contributed by atoms with E-state index in [0.29, 0.717) is 6.04 Å². The monoisotopic (exact) mass is 230 g/mol. The smallest absolute Gasteiger partial charge is 0.181 e. The first kappa shape index (κ1) is 11.6. The minimum atomic E-state index is 0.398. The van der Waals surface area contributed by atoms with E-state index in [4.69, 9.17) is 5.73 Å². The highest BCUT2D eigenvalue weighted by atomic mass is 15.3. The number of hydrogen-bond donors (Lipinski definition) is 1. The third-order valence-electron chi connectivity index (χ3n) is 2.84. The molecule has 1 unspecified atom stereocenters. The molecule has 0 amide bonds. The molecule has 90 valence electrons. The van der Waals surface area contributed by atoms with Gasteiger partial charge in [0.1, 0.15) is 6.33 Å². The van der Waals surface area contributed by atoms with Crippen molar-refractivity contribution in [2.45, 2.75) is 32.7 Å². The van der Waals surface area contributed by atoms with E-state index in [2.05, 4.69) is 23.9 Å². The molecule has 4 heteroatoms. The van der Waals surface area contributed by atoms with Crippen molar-refractivity contribution in [1.82, 2.24) is 14.8 Å². The zero-order valence-electron chi connectivity index (χ0n) is 10.3. The van der Waals surface area contributed by atoms with Crippen molar-refractivity contribution in [2.75, 3.05) is 5.73 Å². The molecule has 0 saturated heterocycles. The van der Waals surface area contributed by atoms with Crippen LogP contribution < -0.4 is 5.73 Å². The highest BCUT2D eigenvalue weighted by molar-refractivity contribution is 5.57. The Morgan fingerprint density at radius 2 is 2.00 bits per heavy atom. The quantitative estimate of drug-likeness (QED) is 0.822. The Kier molecular flexibility index (Phi) is 3.42. The molecule has 1 heterocycles. The predicted molar refractivity (Wildman–Crippen MR) is 69.5 cm³/mol. The Bertz CT molecular complexity index is 472. The fraction of sp³-hybridized carbons (Fsp3) is 0.385. The normalized spacial score (nSPS) is 12.6. The largest absolute Gasteiger partial charge is 0.399 e. The van der Waals surface area contributed by atoms with Crippen molar-refractivity contribution < 1.29 is 0 Å². The molecule has 2 rings (SSSR count). The number of nitrogens with zero attached hydrogens (tertiary/aromatic N) is 3. The summed E-state index contributed by atoms with van der Waals surface area (Å²) in [7, 11) is 0. The molecule has 1 atom stereocenters. The Morgan fingerprint density at radius 3 is 2.65 bits per heavy atom. The van der Waals surface area contributed by atoms with Gasteiger partial charge in [-0.15, -0.1) is 0 Å². The van der Waals surface area contributed by atoms with Crippen LogP contribution in [-0.2, 0) is 0 Å². The second-order valence-electron chi connectivity index (χ2n) is 4.31. The fourth-order valence-corrected chi connectivity index (χ4v) is 1.80. The Hall–Kier alpha value is -1.84. The molecule has 0 aliphatic heterocycles. The third kappa shape index (κ3) is 2.64. The summed E-state index contributed by atoms with van der Waals surface area (Å²) in [5.74, 6) is 0.757. The van der Waals surface area contributed by atoms with Crippen LogP contribution in [0.4, 0.5) is 5.69 Å². The van der Waals surface area contributed by atoms with Crippen molar-refractivity contribution >= 4 is 5.69 Å². The summed E-state index contributed by atoms with van der Waals surface area (Å²) >= 11 is 0. The number of hydrogen-bond acceptors (Lipinski definition) is 3. The van der Waals surface area contributed by atoms with Crippen LogP contribution in [-0.4, -0.2) is 14.8 Å². The highest BCUT2D eigenvalue weighted by Gasteiger charge is 2.08. The summed E-state index contributed by atoms with van der Waals surface area (Å²) in [6, 6.07) is 8.02. The molecule has 0 bridgehead atoms. The Labute approximate surface area is 101 Å². The molecule has 0 aliphatic carbocycles. The van der Waals surface area contributed by atoms with Crippen molar-refractivity contribution in [3.05, 3.63) is 30.6 Å².